The predicted octanol–water partition coefficient (Wildman–Crippen LogP) is 3.97. The molecule has 0 heterocycles. The number of hydrogen-bond donors (Lipinski definition) is 0. The summed E-state index contributed by atoms with van der Waals surface area (Å²) in [5.74, 6) is 0. The first-order chi connectivity index (χ1) is 6.14. The fourth-order valence-electron chi connectivity index (χ4n) is 1.54. The molecule has 0 atom stereocenters. The second-order valence-electron chi connectivity index (χ2n) is 3.68. The Kier molecular flexibility index (Phi) is 4.54. The third-order valence-corrected chi connectivity index (χ3v) is 3.25. The molecule has 1 aliphatic carbocycles. The summed E-state index contributed by atoms with van der Waals surface area (Å²) in [4.78, 5) is 4.44. The van der Waals surface area contributed by atoms with Crippen LogP contribution in [-0.2, 0) is 0 Å². The van der Waals surface area contributed by atoms with Crippen LogP contribution in [0.2, 0.25) is 0 Å². The molecule has 0 aromatic rings. The van der Waals surface area contributed by atoms with Crippen LogP contribution in [0, 0.1) is 0 Å². The Labute approximate surface area is 90.5 Å². The number of nitrogens with zero attached hydrogens (tertiary/aromatic N) is 1. The van der Waals surface area contributed by atoms with Gasteiger partial charge in [-0.05, 0) is 19.3 Å². The number of halogens is 2. The predicted molar refractivity (Wildman–Crippen MR) is 60.1 cm³/mol. The van der Waals surface area contributed by atoms with E-state index >= 15 is 0 Å². The summed E-state index contributed by atoms with van der Waals surface area (Å²) < 4.78 is -0.753. The van der Waals surface area contributed by atoms with Gasteiger partial charge in [-0.3, -0.25) is 4.99 Å². The Morgan fingerprint density at radius 3 is 2.46 bits per heavy atom. The van der Waals surface area contributed by atoms with E-state index in [2.05, 4.69) is 4.99 Å². The molecule has 0 aromatic carbocycles. The lowest BCUT2D eigenvalue weighted by molar-refractivity contribution is 0.443. The number of hydrogen-bond acceptors (Lipinski definition) is 1. The van der Waals surface area contributed by atoms with Crippen molar-refractivity contribution in [2.45, 2.75) is 55.8 Å². The van der Waals surface area contributed by atoms with Gasteiger partial charge in [-0.2, -0.15) is 0 Å². The van der Waals surface area contributed by atoms with Crippen molar-refractivity contribution in [3.05, 3.63) is 0 Å². The van der Waals surface area contributed by atoms with E-state index in [1.165, 1.54) is 32.1 Å². The molecule has 0 unspecified atom stereocenters. The SMILES string of the molecule is CCC(Cl)(Cl)C=NC1CCCCC1. The van der Waals surface area contributed by atoms with Crippen molar-refractivity contribution in [2.24, 2.45) is 4.99 Å². The first kappa shape index (κ1) is 11.3. The minimum atomic E-state index is -0.753. The van der Waals surface area contributed by atoms with Gasteiger partial charge < -0.3 is 0 Å². The van der Waals surface area contributed by atoms with Crippen LogP contribution in [0.4, 0.5) is 0 Å². The third kappa shape index (κ3) is 4.33. The summed E-state index contributed by atoms with van der Waals surface area (Å²) in [7, 11) is 0. The Morgan fingerprint density at radius 2 is 1.92 bits per heavy atom. The molecule has 0 aliphatic heterocycles. The van der Waals surface area contributed by atoms with Crippen LogP contribution in [0.1, 0.15) is 45.4 Å². The van der Waals surface area contributed by atoms with Crippen LogP contribution in [0.15, 0.2) is 4.99 Å². The molecule has 0 aromatic heterocycles. The summed E-state index contributed by atoms with van der Waals surface area (Å²) in [5, 5.41) is 0. The summed E-state index contributed by atoms with van der Waals surface area (Å²) in [5.41, 5.74) is 0. The molecule has 0 spiro atoms. The molecule has 1 aliphatic rings. The summed E-state index contributed by atoms with van der Waals surface area (Å²) >= 11 is 11.9. The van der Waals surface area contributed by atoms with Crippen molar-refractivity contribution < 1.29 is 0 Å². The quantitative estimate of drug-likeness (QED) is 0.506. The van der Waals surface area contributed by atoms with Gasteiger partial charge in [-0.15, -0.1) is 0 Å². The highest BCUT2D eigenvalue weighted by Gasteiger charge is 2.19. The second-order valence-corrected chi connectivity index (χ2v) is 5.23. The van der Waals surface area contributed by atoms with E-state index in [9.17, 15) is 0 Å². The maximum absolute atomic E-state index is 5.96. The average Bonchev–Trinajstić information content (AvgIpc) is 2.17. The van der Waals surface area contributed by atoms with Crippen LogP contribution in [0.5, 0.6) is 0 Å². The largest absolute Gasteiger partial charge is 0.291 e. The zero-order chi connectivity index (χ0) is 9.73. The van der Waals surface area contributed by atoms with Gasteiger partial charge in [-0.25, -0.2) is 0 Å². The van der Waals surface area contributed by atoms with Crippen LogP contribution in [-0.4, -0.2) is 16.6 Å². The molecule has 1 fully saturated rings. The van der Waals surface area contributed by atoms with E-state index in [0.29, 0.717) is 12.5 Å². The fraction of sp³-hybridized carbons (Fsp3) is 0.900. The lowest BCUT2D eigenvalue weighted by atomic mass is 9.96. The molecular formula is C10H17Cl2N. The number of aliphatic imine (C=N–C) groups is 1. The Balaban J connectivity index is 2.37. The Hall–Kier alpha value is 0.250. The minimum Gasteiger partial charge on any atom is -0.291 e. The molecule has 3 heteroatoms. The van der Waals surface area contributed by atoms with Crippen LogP contribution >= 0.6 is 23.2 Å². The second kappa shape index (κ2) is 5.21. The maximum Gasteiger partial charge on any atom is 0.152 e. The first-order valence-electron chi connectivity index (χ1n) is 5.06. The molecule has 0 N–H and O–H groups in total. The zero-order valence-corrected chi connectivity index (χ0v) is 9.61. The minimum absolute atomic E-state index is 0.470. The third-order valence-electron chi connectivity index (χ3n) is 2.52. The number of alkyl halides is 2. The van der Waals surface area contributed by atoms with Gasteiger partial charge in [-0.1, -0.05) is 49.4 Å². The standard InChI is InChI=1S/C10H17Cl2N/c1-2-10(11,12)8-13-9-6-4-3-5-7-9/h8-9H,2-7H2,1H3. The normalized spacial score (nSPS) is 21.2. The molecule has 0 radical (unpaired) electrons. The van der Waals surface area contributed by atoms with Crippen molar-refractivity contribution in [2.75, 3.05) is 0 Å². The maximum atomic E-state index is 5.96. The van der Waals surface area contributed by atoms with Crippen molar-refractivity contribution in [3.8, 4) is 0 Å². The molecule has 0 saturated heterocycles. The molecule has 76 valence electrons. The topological polar surface area (TPSA) is 12.4 Å². The first-order valence-corrected chi connectivity index (χ1v) is 5.82. The van der Waals surface area contributed by atoms with Gasteiger partial charge in [0.05, 0.1) is 0 Å². The van der Waals surface area contributed by atoms with E-state index in [0.717, 1.165) is 0 Å². The molecule has 1 rings (SSSR count). The highest BCUT2D eigenvalue weighted by atomic mass is 35.5. The van der Waals surface area contributed by atoms with Gasteiger partial charge in [0, 0.05) is 12.3 Å². The average molecular weight is 222 g/mol. The number of rotatable bonds is 3. The molecule has 0 bridgehead atoms. The van der Waals surface area contributed by atoms with Crippen molar-refractivity contribution in [3.63, 3.8) is 0 Å². The highest BCUT2D eigenvalue weighted by molar-refractivity contribution is 6.56. The molecule has 1 saturated carbocycles. The van der Waals surface area contributed by atoms with E-state index in [1.807, 2.05) is 6.92 Å². The van der Waals surface area contributed by atoms with Crippen LogP contribution < -0.4 is 0 Å². The molecule has 1 nitrogen and oxygen atoms in total. The summed E-state index contributed by atoms with van der Waals surface area (Å²) in [6.45, 7) is 1.97. The fourth-order valence-corrected chi connectivity index (χ4v) is 1.65. The van der Waals surface area contributed by atoms with Gasteiger partial charge in [0.2, 0.25) is 0 Å². The van der Waals surface area contributed by atoms with Crippen molar-refractivity contribution >= 4 is 29.4 Å². The van der Waals surface area contributed by atoms with Gasteiger partial charge in [0.15, 0.2) is 4.33 Å². The van der Waals surface area contributed by atoms with Gasteiger partial charge in [0.1, 0.15) is 0 Å². The van der Waals surface area contributed by atoms with Crippen LogP contribution in [0.3, 0.4) is 0 Å². The van der Waals surface area contributed by atoms with Crippen LogP contribution in [0.25, 0.3) is 0 Å². The van der Waals surface area contributed by atoms with E-state index in [4.69, 9.17) is 23.2 Å². The molecule has 13 heavy (non-hydrogen) atoms. The van der Waals surface area contributed by atoms with Gasteiger partial charge >= 0.3 is 0 Å². The lowest BCUT2D eigenvalue weighted by Crippen LogP contribution is -2.17. The Morgan fingerprint density at radius 1 is 1.31 bits per heavy atom. The molecule has 0 amide bonds. The van der Waals surface area contributed by atoms with E-state index < -0.39 is 4.33 Å². The summed E-state index contributed by atoms with van der Waals surface area (Å²) in [6, 6.07) is 0.470. The van der Waals surface area contributed by atoms with Crippen molar-refractivity contribution in [1.29, 1.82) is 0 Å². The lowest BCUT2D eigenvalue weighted by Gasteiger charge is -2.19. The Bertz CT molecular complexity index is 172. The summed E-state index contributed by atoms with van der Waals surface area (Å²) in [6.07, 6.45) is 8.77. The highest BCUT2D eigenvalue weighted by Crippen LogP contribution is 2.25. The zero-order valence-electron chi connectivity index (χ0n) is 8.10. The van der Waals surface area contributed by atoms with Gasteiger partial charge in [0.25, 0.3) is 0 Å². The molecular weight excluding hydrogens is 205 g/mol. The monoisotopic (exact) mass is 221 g/mol. The van der Waals surface area contributed by atoms with E-state index in [-0.39, 0.29) is 0 Å². The smallest absolute Gasteiger partial charge is 0.152 e. The van der Waals surface area contributed by atoms with Crippen molar-refractivity contribution in [1.82, 2.24) is 0 Å². The van der Waals surface area contributed by atoms with E-state index in [1.54, 1.807) is 6.21 Å².